The van der Waals surface area contributed by atoms with Crippen LogP contribution in [0.15, 0.2) is 54.6 Å². The largest absolute Gasteiger partial charge is 0.497 e. The maximum atomic E-state index is 10.6. The number of rotatable bonds is 4. The number of nitrogens with one attached hydrogen (secondary N) is 1. The summed E-state index contributed by atoms with van der Waals surface area (Å²) in [7, 11) is 1.74. The van der Waals surface area contributed by atoms with Crippen LogP contribution in [0.5, 0.6) is 5.75 Å². The van der Waals surface area contributed by atoms with E-state index in [1.54, 1.807) is 7.11 Å². The molecule has 3 rings (SSSR count). The number of hydrogen-bond acceptors (Lipinski definition) is 3. The van der Waals surface area contributed by atoms with E-state index in [-0.39, 0.29) is 0 Å². The summed E-state index contributed by atoms with van der Waals surface area (Å²) in [5.74, 6) is -0.654. The van der Waals surface area contributed by atoms with E-state index in [1.165, 1.54) is 24.0 Å². The third-order valence-electron chi connectivity index (χ3n) is 4.71. The fourth-order valence-electron chi connectivity index (χ4n) is 3.41. The van der Waals surface area contributed by atoms with Crippen molar-refractivity contribution in [3.63, 3.8) is 0 Å². The molecule has 152 valence electrons. The van der Waals surface area contributed by atoms with E-state index in [9.17, 15) is 13.2 Å². The van der Waals surface area contributed by atoms with Crippen LogP contribution in [0.1, 0.15) is 29.9 Å². The second-order valence-corrected chi connectivity index (χ2v) is 6.56. The lowest BCUT2D eigenvalue weighted by Gasteiger charge is -2.31. The summed E-state index contributed by atoms with van der Waals surface area (Å²) in [6.45, 7) is 2.25. The van der Waals surface area contributed by atoms with Crippen molar-refractivity contribution >= 4 is 5.97 Å². The number of halogens is 3. The number of benzene rings is 2. The van der Waals surface area contributed by atoms with E-state index in [0.717, 1.165) is 18.8 Å². The summed E-state index contributed by atoms with van der Waals surface area (Å²) >= 11 is 0. The summed E-state index contributed by atoms with van der Waals surface area (Å²) in [5.41, 5.74) is 2.78. The first-order valence-electron chi connectivity index (χ1n) is 9.02. The first-order valence-corrected chi connectivity index (χ1v) is 9.02. The van der Waals surface area contributed by atoms with Gasteiger partial charge < -0.3 is 15.2 Å². The molecule has 0 bridgehead atoms. The SMILES string of the molecule is COc1cccc(C(c2ccccc2)C2CCNCC2)c1.O=C(O)C(F)(F)F. The van der Waals surface area contributed by atoms with Crippen LogP contribution < -0.4 is 10.1 Å². The number of alkyl halides is 3. The van der Waals surface area contributed by atoms with Crippen molar-refractivity contribution in [1.29, 1.82) is 0 Å². The van der Waals surface area contributed by atoms with Crippen LogP contribution in [-0.4, -0.2) is 37.5 Å². The van der Waals surface area contributed by atoms with Gasteiger partial charge in [-0.05, 0) is 55.1 Å². The Bertz CT molecular complexity index is 744. The molecule has 7 heteroatoms. The van der Waals surface area contributed by atoms with Crippen molar-refractivity contribution in [3.8, 4) is 5.75 Å². The van der Waals surface area contributed by atoms with Crippen molar-refractivity contribution in [2.75, 3.05) is 20.2 Å². The van der Waals surface area contributed by atoms with Crippen molar-refractivity contribution in [2.45, 2.75) is 24.9 Å². The maximum absolute atomic E-state index is 10.6. The van der Waals surface area contributed by atoms with Crippen LogP contribution >= 0.6 is 0 Å². The second-order valence-electron chi connectivity index (χ2n) is 6.56. The molecule has 1 saturated heterocycles. The lowest BCUT2D eigenvalue weighted by molar-refractivity contribution is -0.192. The zero-order chi connectivity index (χ0) is 20.6. The molecule has 1 atom stereocenters. The van der Waals surface area contributed by atoms with Crippen LogP contribution in [0.25, 0.3) is 0 Å². The molecule has 28 heavy (non-hydrogen) atoms. The van der Waals surface area contributed by atoms with Crippen LogP contribution in [0.4, 0.5) is 13.2 Å². The molecular formula is C21H24F3NO3. The summed E-state index contributed by atoms with van der Waals surface area (Å²) in [6.07, 6.45) is -2.62. The molecule has 4 nitrogen and oxygen atoms in total. The number of aliphatic carboxylic acids is 1. The molecule has 0 aromatic heterocycles. The number of hydrogen-bond donors (Lipinski definition) is 2. The van der Waals surface area contributed by atoms with Gasteiger partial charge in [-0.15, -0.1) is 0 Å². The van der Waals surface area contributed by atoms with Gasteiger partial charge in [0.2, 0.25) is 0 Å². The molecule has 1 aliphatic heterocycles. The average molecular weight is 395 g/mol. The minimum absolute atomic E-state index is 0.461. The molecule has 0 saturated carbocycles. The van der Waals surface area contributed by atoms with Gasteiger partial charge in [0.25, 0.3) is 0 Å². The third kappa shape index (κ3) is 6.27. The van der Waals surface area contributed by atoms with Crippen molar-refractivity contribution in [1.82, 2.24) is 5.32 Å². The molecule has 0 aliphatic carbocycles. The predicted molar refractivity (Wildman–Crippen MR) is 101 cm³/mol. The zero-order valence-corrected chi connectivity index (χ0v) is 15.6. The van der Waals surface area contributed by atoms with Gasteiger partial charge in [0.1, 0.15) is 5.75 Å². The van der Waals surface area contributed by atoms with Crippen LogP contribution in [0.3, 0.4) is 0 Å². The fourth-order valence-corrected chi connectivity index (χ4v) is 3.41. The average Bonchev–Trinajstić information content (AvgIpc) is 2.70. The van der Waals surface area contributed by atoms with E-state index in [2.05, 4.69) is 53.8 Å². The van der Waals surface area contributed by atoms with Crippen LogP contribution in [0.2, 0.25) is 0 Å². The molecule has 2 N–H and O–H groups in total. The number of methoxy groups -OCH3 is 1. The van der Waals surface area contributed by atoms with E-state index in [4.69, 9.17) is 14.6 Å². The Hall–Kier alpha value is -2.54. The fraction of sp³-hybridized carbons (Fsp3) is 0.381. The molecule has 2 aromatic carbocycles. The van der Waals surface area contributed by atoms with Crippen LogP contribution in [0, 0.1) is 5.92 Å². The lowest BCUT2D eigenvalue weighted by atomic mass is 9.76. The second kappa shape index (κ2) is 10.1. The van der Waals surface area contributed by atoms with Gasteiger partial charge >= 0.3 is 12.1 Å². The molecule has 1 unspecified atom stereocenters. The summed E-state index contributed by atoms with van der Waals surface area (Å²) in [5, 5.41) is 10.6. The van der Waals surface area contributed by atoms with E-state index in [1.807, 2.05) is 6.07 Å². The molecular weight excluding hydrogens is 371 g/mol. The highest BCUT2D eigenvalue weighted by Crippen LogP contribution is 2.37. The Morgan fingerprint density at radius 2 is 1.64 bits per heavy atom. The smallest absolute Gasteiger partial charge is 0.490 e. The standard InChI is InChI=1S/C19H23NO.C2HF3O2/c1-21-18-9-5-8-17(14-18)19(15-6-3-2-4-7-15)16-10-12-20-13-11-16;3-2(4,5)1(6)7/h2-9,14,16,19-20H,10-13H2,1H3;(H,6,7). The predicted octanol–water partition coefficient (Wildman–Crippen LogP) is 4.46. The zero-order valence-electron chi connectivity index (χ0n) is 15.6. The summed E-state index contributed by atoms with van der Waals surface area (Å²) in [4.78, 5) is 8.90. The minimum Gasteiger partial charge on any atom is -0.497 e. The molecule has 1 heterocycles. The van der Waals surface area contributed by atoms with Crippen molar-refractivity contribution in [3.05, 3.63) is 65.7 Å². The molecule has 0 spiro atoms. The Labute approximate surface area is 162 Å². The monoisotopic (exact) mass is 395 g/mol. The normalized spacial score (nSPS) is 15.9. The van der Waals surface area contributed by atoms with Gasteiger partial charge in [0, 0.05) is 5.92 Å². The highest BCUT2D eigenvalue weighted by atomic mass is 19.4. The molecule has 1 aliphatic rings. The van der Waals surface area contributed by atoms with Gasteiger partial charge in [-0.25, -0.2) is 4.79 Å². The first-order chi connectivity index (χ1) is 13.3. The third-order valence-corrected chi connectivity index (χ3v) is 4.71. The van der Waals surface area contributed by atoms with E-state index < -0.39 is 12.1 Å². The molecule has 0 radical (unpaired) electrons. The summed E-state index contributed by atoms with van der Waals surface area (Å²) < 4.78 is 37.2. The van der Waals surface area contributed by atoms with Gasteiger partial charge in [-0.2, -0.15) is 13.2 Å². The van der Waals surface area contributed by atoms with Crippen molar-refractivity contribution < 1.29 is 27.8 Å². The quantitative estimate of drug-likeness (QED) is 0.803. The van der Waals surface area contributed by atoms with Gasteiger partial charge in [-0.3, -0.25) is 0 Å². The first kappa shape index (κ1) is 21.8. The Morgan fingerprint density at radius 1 is 1.07 bits per heavy atom. The Morgan fingerprint density at radius 3 is 2.18 bits per heavy atom. The lowest BCUT2D eigenvalue weighted by Crippen LogP contribution is -2.31. The number of carboxylic acid groups (broad SMARTS) is 1. The number of ether oxygens (including phenoxy) is 1. The molecule has 1 fully saturated rings. The van der Waals surface area contributed by atoms with E-state index in [0.29, 0.717) is 11.8 Å². The highest BCUT2D eigenvalue weighted by Gasteiger charge is 2.38. The number of carboxylic acids is 1. The molecule has 2 aromatic rings. The van der Waals surface area contributed by atoms with Gasteiger partial charge in [0.05, 0.1) is 7.11 Å². The highest BCUT2D eigenvalue weighted by molar-refractivity contribution is 5.73. The topological polar surface area (TPSA) is 58.6 Å². The Balaban J connectivity index is 0.000000345. The van der Waals surface area contributed by atoms with Gasteiger partial charge in [-0.1, -0.05) is 42.5 Å². The van der Waals surface area contributed by atoms with Gasteiger partial charge in [0.15, 0.2) is 0 Å². The number of carbonyl (C=O) groups is 1. The van der Waals surface area contributed by atoms with Crippen molar-refractivity contribution in [2.24, 2.45) is 5.92 Å². The maximum Gasteiger partial charge on any atom is 0.490 e. The van der Waals surface area contributed by atoms with E-state index >= 15 is 0 Å². The Kier molecular flexibility index (Phi) is 7.87. The number of piperidine rings is 1. The minimum atomic E-state index is -5.08. The molecule has 0 amide bonds. The summed E-state index contributed by atoms with van der Waals surface area (Å²) in [6, 6.07) is 19.4. The van der Waals surface area contributed by atoms with Crippen LogP contribution in [-0.2, 0) is 4.79 Å².